The summed E-state index contributed by atoms with van der Waals surface area (Å²) in [6.07, 6.45) is 1.39. The van der Waals surface area contributed by atoms with Gasteiger partial charge in [-0.3, -0.25) is 0 Å². The number of benzene rings is 2. The Bertz CT molecular complexity index is 837. The molecule has 2 aromatic rings. The Balaban J connectivity index is 0.000000277. The van der Waals surface area contributed by atoms with Crippen LogP contribution in [0.25, 0.3) is 11.2 Å². The number of nitrogens with one attached hydrogen (secondary N) is 1. The molecule has 0 spiro atoms. The van der Waals surface area contributed by atoms with E-state index in [1.165, 1.54) is 6.08 Å². The van der Waals surface area contributed by atoms with Gasteiger partial charge in [0.2, 0.25) is 0 Å². The van der Waals surface area contributed by atoms with Crippen molar-refractivity contribution in [3.63, 3.8) is 0 Å². The van der Waals surface area contributed by atoms with E-state index in [-0.39, 0.29) is 17.1 Å². The van der Waals surface area contributed by atoms with Crippen molar-refractivity contribution in [2.75, 3.05) is 45.2 Å². The molecule has 1 N–H and O–H groups in total. The van der Waals surface area contributed by atoms with Gasteiger partial charge in [-0.15, -0.1) is 6.07 Å². The van der Waals surface area contributed by atoms with E-state index in [9.17, 15) is 8.42 Å². The zero-order valence-electron chi connectivity index (χ0n) is 16.0. The van der Waals surface area contributed by atoms with Crippen LogP contribution < -0.4 is 9.64 Å². The van der Waals surface area contributed by atoms with E-state index >= 15 is 0 Å². The minimum atomic E-state index is -3.75. The Hall–Kier alpha value is -1.83. The van der Waals surface area contributed by atoms with Crippen LogP contribution in [-0.2, 0) is 27.1 Å². The summed E-state index contributed by atoms with van der Waals surface area (Å²) in [5.41, 5.74) is 1.93. The van der Waals surface area contributed by atoms with Crippen molar-refractivity contribution in [1.82, 2.24) is 4.90 Å². The molecule has 1 fully saturated rings. The fourth-order valence-corrected chi connectivity index (χ4v) is 2.94. The number of methoxy groups -OCH3 is 1. The monoisotopic (exact) mass is 443 g/mol. The third-order valence-electron chi connectivity index (χ3n) is 4.11. The standard InChI is InChI=1S/C12H17N2O.C8H8NO2S.Fe/c1-13-7-9-14(10-8-13)11-5-3-4-6-12(11)15-2;9-12(10,11)7-6-8-4-2-1-3-5-8;/h4-6H,7-10H2,1-2H3;1-7H,(H-,9,10,11);/q2*-1;+2. The minimum Gasteiger partial charge on any atom is -0.560 e. The molecule has 0 atom stereocenters. The van der Waals surface area contributed by atoms with E-state index in [1.807, 2.05) is 24.3 Å². The molecule has 0 amide bonds. The van der Waals surface area contributed by atoms with Crippen molar-refractivity contribution < 1.29 is 30.2 Å². The summed E-state index contributed by atoms with van der Waals surface area (Å²) < 4.78 is 26.1. The van der Waals surface area contributed by atoms with Crippen LogP contribution >= 0.6 is 0 Å². The molecule has 0 aromatic heterocycles. The van der Waals surface area contributed by atoms with Crippen molar-refractivity contribution in [2.45, 2.75) is 0 Å². The summed E-state index contributed by atoms with van der Waals surface area (Å²) in [4.78, 5) is 4.70. The normalized spacial score (nSPS) is 14.8. The van der Waals surface area contributed by atoms with Crippen molar-refractivity contribution >= 4 is 21.8 Å². The summed E-state index contributed by atoms with van der Waals surface area (Å²) in [5, 5.41) is 7.43. The Morgan fingerprint density at radius 3 is 2.32 bits per heavy atom. The van der Waals surface area contributed by atoms with Gasteiger partial charge in [0, 0.05) is 37.3 Å². The van der Waals surface area contributed by atoms with Crippen molar-refractivity contribution in [2.24, 2.45) is 0 Å². The zero-order valence-corrected chi connectivity index (χ0v) is 17.9. The van der Waals surface area contributed by atoms with Crippen LogP contribution in [0.4, 0.5) is 5.69 Å². The van der Waals surface area contributed by atoms with Gasteiger partial charge in [-0.25, -0.2) is 8.42 Å². The van der Waals surface area contributed by atoms with Crippen molar-refractivity contribution in [1.29, 1.82) is 0 Å². The zero-order chi connectivity index (χ0) is 19.7. The smallest absolute Gasteiger partial charge is 0.560 e. The van der Waals surface area contributed by atoms with Crippen molar-refractivity contribution in [3.05, 3.63) is 70.7 Å². The number of ether oxygens (including phenoxy) is 1. The van der Waals surface area contributed by atoms with Crippen LogP contribution in [0.5, 0.6) is 5.75 Å². The van der Waals surface area contributed by atoms with Gasteiger partial charge in [0.15, 0.2) is 0 Å². The Morgan fingerprint density at radius 2 is 1.75 bits per heavy atom. The molecule has 0 radical (unpaired) electrons. The van der Waals surface area contributed by atoms with Gasteiger partial charge < -0.3 is 19.7 Å². The van der Waals surface area contributed by atoms with Gasteiger partial charge in [-0.1, -0.05) is 30.3 Å². The van der Waals surface area contributed by atoms with Crippen LogP contribution in [0.1, 0.15) is 5.56 Å². The second kappa shape index (κ2) is 11.9. The van der Waals surface area contributed by atoms with E-state index in [4.69, 9.17) is 9.88 Å². The molecule has 1 heterocycles. The summed E-state index contributed by atoms with van der Waals surface area (Å²) in [5.74, 6) is 0.943. The second-order valence-electron chi connectivity index (χ2n) is 6.15. The molecule has 2 aromatic carbocycles. The molecule has 8 heteroatoms. The van der Waals surface area contributed by atoms with Crippen LogP contribution in [-0.4, -0.2) is 53.7 Å². The first-order valence-electron chi connectivity index (χ1n) is 8.59. The number of sulfonamides is 1. The van der Waals surface area contributed by atoms with Crippen LogP contribution in [0.2, 0.25) is 0 Å². The molecule has 1 aliphatic heterocycles. The second-order valence-corrected chi connectivity index (χ2v) is 7.51. The molecule has 0 saturated carbocycles. The quantitative estimate of drug-likeness (QED) is 0.536. The maximum absolute atomic E-state index is 10.4. The Labute approximate surface area is 178 Å². The Morgan fingerprint density at radius 1 is 1.11 bits per heavy atom. The summed E-state index contributed by atoms with van der Waals surface area (Å²) in [6, 6.07) is 17.9. The molecular weight excluding hydrogens is 418 g/mol. The molecule has 0 unspecified atom stereocenters. The summed E-state index contributed by atoms with van der Waals surface area (Å²) in [6.45, 7) is 4.34. The largest absolute Gasteiger partial charge is 2.00 e. The van der Waals surface area contributed by atoms with E-state index in [1.54, 1.807) is 31.4 Å². The van der Waals surface area contributed by atoms with Gasteiger partial charge >= 0.3 is 17.1 Å². The first-order valence-corrected chi connectivity index (χ1v) is 10.1. The number of hydrogen-bond acceptors (Lipinski definition) is 5. The number of piperazine rings is 1. The van der Waals surface area contributed by atoms with Gasteiger partial charge in [-0.2, -0.15) is 18.2 Å². The maximum Gasteiger partial charge on any atom is 2.00 e. The number of likely N-dealkylation sites (N-methyl/N-ethyl adjacent to an activating group) is 1. The summed E-state index contributed by atoms with van der Waals surface area (Å²) >= 11 is 0. The number of hydrogen-bond donors (Lipinski definition) is 0. The van der Waals surface area contributed by atoms with Gasteiger partial charge in [0.05, 0.1) is 17.1 Å². The minimum absolute atomic E-state index is 0. The van der Waals surface area contributed by atoms with E-state index in [0.717, 1.165) is 48.6 Å². The molecular formula is C20H25FeN3O3S. The predicted octanol–water partition coefficient (Wildman–Crippen LogP) is 3.28. The molecule has 1 saturated heterocycles. The maximum atomic E-state index is 10.4. The topological polar surface area (TPSA) is 73.7 Å². The fraction of sp³-hybridized carbons (Fsp3) is 0.300. The van der Waals surface area contributed by atoms with E-state index in [0.29, 0.717) is 0 Å². The van der Waals surface area contributed by atoms with Crippen LogP contribution in [0.15, 0.2) is 53.9 Å². The van der Waals surface area contributed by atoms with Gasteiger partial charge in [0.1, 0.15) is 0 Å². The van der Waals surface area contributed by atoms with Crippen LogP contribution in [0, 0.1) is 6.07 Å². The van der Waals surface area contributed by atoms with E-state index in [2.05, 4.69) is 22.9 Å². The van der Waals surface area contributed by atoms with Gasteiger partial charge in [-0.05, 0) is 24.4 Å². The molecule has 1 aliphatic rings. The first kappa shape index (κ1) is 24.2. The SMILES string of the molecule is COc1cc[c-]cc1N1CCN(C)CC1.[Fe+2].[NH-]S(=O)(=O)C=Cc1ccccc1. The number of nitrogens with zero attached hydrogens (tertiary/aromatic N) is 2. The van der Waals surface area contributed by atoms with E-state index < -0.39 is 10.0 Å². The molecule has 28 heavy (non-hydrogen) atoms. The van der Waals surface area contributed by atoms with Crippen molar-refractivity contribution in [3.8, 4) is 5.75 Å². The molecule has 0 bridgehead atoms. The third kappa shape index (κ3) is 8.46. The predicted molar refractivity (Wildman–Crippen MR) is 110 cm³/mol. The average molecular weight is 443 g/mol. The first-order chi connectivity index (χ1) is 12.9. The third-order valence-corrected chi connectivity index (χ3v) is 4.60. The molecule has 152 valence electrons. The average Bonchev–Trinajstić information content (AvgIpc) is 2.68. The molecule has 0 aliphatic carbocycles. The van der Waals surface area contributed by atoms with Gasteiger partial charge in [0.25, 0.3) is 0 Å². The number of anilines is 1. The number of rotatable bonds is 4. The molecule has 6 nitrogen and oxygen atoms in total. The summed E-state index contributed by atoms with van der Waals surface area (Å²) in [7, 11) is 0.123. The van der Waals surface area contributed by atoms with Crippen LogP contribution in [0.3, 0.4) is 0 Å². The fourth-order valence-electron chi connectivity index (χ4n) is 2.61. The Kier molecular flexibility index (Phi) is 10.3. The molecule has 3 rings (SSSR count).